The van der Waals surface area contributed by atoms with Gasteiger partial charge in [-0.05, 0) is 37.5 Å². The van der Waals surface area contributed by atoms with E-state index >= 15 is 0 Å². The number of allylic oxidation sites excluding steroid dienone is 1. The molecule has 3 rings (SSSR count). The van der Waals surface area contributed by atoms with Gasteiger partial charge in [0.05, 0.1) is 0 Å². The van der Waals surface area contributed by atoms with Crippen LogP contribution in [0.4, 0.5) is 0 Å². The molecule has 0 radical (unpaired) electrons. The number of hydrogen-bond acceptors (Lipinski definition) is 3. The molecule has 1 aliphatic heterocycles. The van der Waals surface area contributed by atoms with Crippen molar-refractivity contribution in [3.8, 4) is 17.2 Å². The number of hydrogen-bond donors (Lipinski definition) is 0. The highest BCUT2D eigenvalue weighted by molar-refractivity contribution is 5.47. The highest BCUT2D eigenvalue weighted by atomic mass is 16.7. The molecule has 0 fully saturated rings. The van der Waals surface area contributed by atoms with Crippen molar-refractivity contribution in [3.63, 3.8) is 0 Å². The molecule has 1 aliphatic carbocycles. The van der Waals surface area contributed by atoms with E-state index in [1.807, 2.05) is 18.2 Å². The van der Waals surface area contributed by atoms with Crippen LogP contribution in [0.3, 0.4) is 0 Å². The van der Waals surface area contributed by atoms with Gasteiger partial charge in [-0.25, -0.2) is 0 Å². The monoisotopic (exact) mass is 218 g/mol. The third-order valence-corrected chi connectivity index (χ3v) is 2.84. The zero-order valence-electron chi connectivity index (χ0n) is 9.02. The van der Waals surface area contributed by atoms with Crippen molar-refractivity contribution >= 4 is 0 Å². The van der Waals surface area contributed by atoms with E-state index in [-0.39, 0.29) is 6.10 Å². The van der Waals surface area contributed by atoms with Crippen molar-refractivity contribution < 1.29 is 14.2 Å². The van der Waals surface area contributed by atoms with Crippen molar-refractivity contribution in [1.29, 1.82) is 0 Å². The Morgan fingerprint density at radius 3 is 3.00 bits per heavy atom. The maximum atomic E-state index is 5.86. The Kier molecular flexibility index (Phi) is 2.44. The first kappa shape index (κ1) is 9.58. The van der Waals surface area contributed by atoms with Crippen LogP contribution in [0.15, 0.2) is 30.4 Å². The summed E-state index contributed by atoms with van der Waals surface area (Å²) in [4.78, 5) is 0. The van der Waals surface area contributed by atoms with Crippen LogP contribution >= 0.6 is 0 Å². The quantitative estimate of drug-likeness (QED) is 0.714. The van der Waals surface area contributed by atoms with Crippen molar-refractivity contribution in [3.05, 3.63) is 30.4 Å². The summed E-state index contributed by atoms with van der Waals surface area (Å²) < 4.78 is 16.4. The second-order valence-electron chi connectivity index (χ2n) is 4.03. The Morgan fingerprint density at radius 1 is 1.19 bits per heavy atom. The van der Waals surface area contributed by atoms with Crippen LogP contribution in [-0.4, -0.2) is 12.9 Å². The normalized spacial score (nSPS) is 22.1. The summed E-state index contributed by atoms with van der Waals surface area (Å²) >= 11 is 0. The van der Waals surface area contributed by atoms with E-state index in [0.717, 1.165) is 23.7 Å². The Bertz CT molecular complexity index is 412. The first-order chi connectivity index (χ1) is 7.92. The fourth-order valence-electron chi connectivity index (χ4n) is 2.00. The smallest absolute Gasteiger partial charge is 0.231 e. The van der Waals surface area contributed by atoms with E-state index < -0.39 is 0 Å². The fourth-order valence-corrected chi connectivity index (χ4v) is 2.00. The third-order valence-electron chi connectivity index (χ3n) is 2.84. The standard InChI is InChI=1S/C13H14O3/c1-2-4-10(5-3-1)16-11-6-7-12-13(8-11)15-9-14-12/h2,4,6-8,10H,1,3,5,9H2. The minimum Gasteiger partial charge on any atom is -0.486 e. The molecule has 0 spiro atoms. The maximum absolute atomic E-state index is 5.86. The molecule has 84 valence electrons. The Balaban J connectivity index is 1.74. The summed E-state index contributed by atoms with van der Waals surface area (Å²) in [5.74, 6) is 2.42. The molecule has 1 aromatic rings. The topological polar surface area (TPSA) is 27.7 Å². The van der Waals surface area contributed by atoms with Gasteiger partial charge in [-0.15, -0.1) is 0 Å². The molecular formula is C13H14O3. The summed E-state index contributed by atoms with van der Waals surface area (Å²) in [5, 5.41) is 0. The highest BCUT2D eigenvalue weighted by Gasteiger charge is 2.15. The zero-order valence-corrected chi connectivity index (χ0v) is 9.02. The maximum Gasteiger partial charge on any atom is 0.231 e. The lowest BCUT2D eigenvalue weighted by Crippen LogP contribution is -2.15. The van der Waals surface area contributed by atoms with E-state index in [1.165, 1.54) is 12.8 Å². The molecule has 0 saturated carbocycles. The van der Waals surface area contributed by atoms with Gasteiger partial charge in [-0.3, -0.25) is 0 Å². The second kappa shape index (κ2) is 4.08. The van der Waals surface area contributed by atoms with Crippen LogP contribution in [0.25, 0.3) is 0 Å². The van der Waals surface area contributed by atoms with Crippen LogP contribution < -0.4 is 14.2 Å². The SMILES string of the molecule is C1=CC(Oc2ccc3c(c2)OCO3)CCC1. The molecule has 3 nitrogen and oxygen atoms in total. The van der Waals surface area contributed by atoms with E-state index in [9.17, 15) is 0 Å². The molecule has 0 saturated heterocycles. The lowest BCUT2D eigenvalue weighted by molar-refractivity contribution is 0.173. The number of ether oxygens (including phenoxy) is 3. The Hall–Kier alpha value is -1.64. The zero-order chi connectivity index (χ0) is 10.8. The molecule has 1 unspecified atom stereocenters. The molecule has 0 aromatic heterocycles. The van der Waals surface area contributed by atoms with E-state index in [1.54, 1.807) is 0 Å². The van der Waals surface area contributed by atoms with Crippen LogP contribution in [0.1, 0.15) is 19.3 Å². The first-order valence-electron chi connectivity index (χ1n) is 5.65. The van der Waals surface area contributed by atoms with Gasteiger partial charge < -0.3 is 14.2 Å². The molecular weight excluding hydrogens is 204 g/mol. The molecule has 1 heterocycles. The van der Waals surface area contributed by atoms with Gasteiger partial charge in [-0.1, -0.05) is 6.08 Å². The molecule has 1 atom stereocenters. The predicted molar refractivity (Wildman–Crippen MR) is 60.0 cm³/mol. The van der Waals surface area contributed by atoms with Crippen molar-refractivity contribution in [2.45, 2.75) is 25.4 Å². The van der Waals surface area contributed by atoms with Gasteiger partial charge >= 0.3 is 0 Å². The molecule has 0 N–H and O–H groups in total. The number of benzene rings is 1. The van der Waals surface area contributed by atoms with Gasteiger partial charge in [0.2, 0.25) is 6.79 Å². The second-order valence-corrected chi connectivity index (χ2v) is 4.03. The average Bonchev–Trinajstić information content (AvgIpc) is 2.77. The highest BCUT2D eigenvalue weighted by Crippen LogP contribution is 2.35. The number of rotatable bonds is 2. The van der Waals surface area contributed by atoms with Crippen molar-refractivity contribution in [1.82, 2.24) is 0 Å². The van der Waals surface area contributed by atoms with Crippen molar-refractivity contribution in [2.24, 2.45) is 0 Å². The van der Waals surface area contributed by atoms with Crippen LogP contribution in [0.5, 0.6) is 17.2 Å². The molecule has 16 heavy (non-hydrogen) atoms. The van der Waals surface area contributed by atoms with Gasteiger partial charge in [0, 0.05) is 6.07 Å². The summed E-state index contributed by atoms with van der Waals surface area (Å²) in [6, 6.07) is 5.71. The van der Waals surface area contributed by atoms with Gasteiger partial charge in [0.1, 0.15) is 11.9 Å². The predicted octanol–water partition coefficient (Wildman–Crippen LogP) is 2.90. The molecule has 0 bridgehead atoms. The largest absolute Gasteiger partial charge is 0.486 e. The van der Waals surface area contributed by atoms with E-state index in [4.69, 9.17) is 14.2 Å². The number of fused-ring (bicyclic) bond motifs is 1. The Morgan fingerprint density at radius 2 is 2.12 bits per heavy atom. The van der Waals surface area contributed by atoms with Crippen LogP contribution in [0, 0.1) is 0 Å². The lowest BCUT2D eigenvalue weighted by atomic mass is 10.1. The lowest BCUT2D eigenvalue weighted by Gasteiger charge is -2.18. The van der Waals surface area contributed by atoms with Crippen LogP contribution in [0.2, 0.25) is 0 Å². The molecule has 0 amide bonds. The fraction of sp³-hybridized carbons (Fsp3) is 0.385. The minimum absolute atomic E-state index is 0.203. The van der Waals surface area contributed by atoms with Gasteiger partial charge in [-0.2, -0.15) is 0 Å². The first-order valence-corrected chi connectivity index (χ1v) is 5.65. The summed E-state index contributed by atoms with van der Waals surface area (Å²) in [6.45, 7) is 0.308. The van der Waals surface area contributed by atoms with Gasteiger partial charge in [0.25, 0.3) is 0 Å². The summed E-state index contributed by atoms with van der Waals surface area (Å²) in [7, 11) is 0. The van der Waals surface area contributed by atoms with Gasteiger partial charge in [0.15, 0.2) is 11.5 Å². The molecule has 2 aliphatic rings. The summed E-state index contributed by atoms with van der Waals surface area (Å²) in [6.07, 6.45) is 7.97. The third kappa shape index (κ3) is 1.85. The van der Waals surface area contributed by atoms with E-state index in [2.05, 4.69) is 12.2 Å². The van der Waals surface area contributed by atoms with Crippen LogP contribution in [-0.2, 0) is 0 Å². The minimum atomic E-state index is 0.203. The Labute approximate surface area is 94.6 Å². The average molecular weight is 218 g/mol. The summed E-state index contributed by atoms with van der Waals surface area (Å²) in [5.41, 5.74) is 0. The molecule has 1 aromatic carbocycles. The molecule has 3 heteroatoms. The van der Waals surface area contributed by atoms with E-state index in [0.29, 0.717) is 6.79 Å². The van der Waals surface area contributed by atoms with Crippen molar-refractivity contribution in [2.75, 3.05) is 6.79 Å².